The molecule has 0 spiro atoms. The maximum absolute atomic E-state index is 14.5. The maximum Gasteiger partial charge on any atom is 0.264 e. The summed E-state index contributed by atoms with van der Waals surface area (Å²) in [5, 5.41) is 3.37. The number of benzene rings is 4. The number of hydrogen-bond acceptors (Lipinski definition) is 4. The molecule has 2 atom stereocenters. The first kappa shape index (κ1) is 33.7. The number of para-hydroxylation sites is 1. The average Bonchev–Trinajstić information content (AvgIpc) is 3.03. The molecule has 1 N–H and O–H groups in total. The molecular weight excluding hydrogens is 613 g/mol. The summed E-state index contributed by atoms with van der Waals surface area (Å²) in [7, 11) is -4.25. The van der Waals surface area contributed by atoms with E-state index < -0.39 is 34.3 Å². The maximum atomic E-state index is 14.5. The zero-order chi connectivity index (χ0) is 32.6. The third kappa shape index (κ3) is 8.71. The van der Waals surface area contributed by atoms with Crippen LogP contribution in [0.3, 0.4) is 0 Å². The van der Waals surface area contributed by atoms with E-state index in [4.69, 9.17) is 11.6 Å². The van der Waals surface area contributed by atoms with Crippen molar-refractivity contribution in [1.29, 1.82) is 0 Å². The van der Waals surface area contributed by atoms with Crippen molar-refractivity contribution in [3.63, 3.8) is 0 Å². The lowest BCUT2D eigenvalue weighted by Gasteiger charge is -2.34. The lowest BCUT2D eigenvalue weighted by molar-refractivity contribution is -0.140. The minimum Gasteiger partial charge on any atom is -0.352 e. The summed E-state index contributed by atoms with van der Waals surface area (Å²) in [4.78, 5) is 29.7. The van der Waals surface area contributed by atoms with Crippen LogP contribution in [0.5, 0.6) is 0 Å². The highest BCUT2D eigenvalue weighted by molar-refractivity contribution is 7.92. The predicted octanol–water partition coefficient (Wildman–Crippen LogP) is 6.54. The zero-order valence-electron chi connectivity index (χ0n) is 25.5. The number of carbonyl (C=O) groups excluding carboxylic acids is 2. The molecule has 0 aliphatic heterocycles. The van der Waals surface area contributed by atoms with E-state index >= 15 is 0 Å². The first-order chi connectivity index (χ1) is 21.5. The van der Waals surface area contributed by atoms with Gasteiger partial charge in [-0.3, -0.25) is 13.9 Å². The van der Waals surface area contributed by atoms with Crippen molar-refractivity contribution in [2.24, 2.45) is 0 Å². The second-order valence-corrected chi connectivity index (χ2v) is 13.2. The number of halogens is 2. The van der Waals surface area contributed by atoms with E-state index in [0.29, 0.717) is 28.3 Å². The van der Waals surface area contributed by atoms with Gasteiger partial charge < -0.3 is 10.2 Å². The third-order valence-electron chi connectivity index (χ3n) is 7.60. The molecule has 0 heterocycles. The SMILES string of the molecule is CC[C@@H](C)NC(=O)[C@H](Cc1ccccc1)N(Cc1ccc(F)cc1)C(=O)CN(c1ccccc1C)S(=O)(=O)c1ccc(Cl)cc1. The minimum absolute atomic E-state index is 0.0385. The van der Waals surface area contributed by atoms with E-state index in [0.717, 1.165) is 9.87 Å². The molecule has 0 aliphatic carbocycles. The zero-order valence-corrected chi connectivity index (χ0v) is 27.1. The molecule has 0 aliphatic rings. The molecule has 7 nitrogen and oxygen atoms in total. The highest BCUT2D eigenvalue weighted by Gasteiger charge is 2.35. The molecule has 0 radical (unpaired) electrons. The van der Waals surface area contributed by atoms with Crippen molar-refractivity contribution >= 4 is 39.1 Å². The number of rotatable bonds is 13. The molecule has 236 valence electrons. The van der Waals surface area contributed by atoms with Gasteiger partial charge in [-0.05, 0) is 79.4 Å². The highest BCUT2D eigenvalue weighted by atomic mass is 35.5. The first-order valence-corrected chi connectivity index (χ1v) is 16.5. The van der Waals surface area contributed by atoms with Crippen molar-refractivity contribution in [1.82, 2.24) is 10.2 Å². The summed E-state index contributed by atoms with van der Waals surface area (Å²) in [6.45, 7) is 4.95. The number of sulfonamides is 1. The number of aryl methyl sites for hydroxylation is 1. The summed E-state index contributed by atoms with van der Waals surface area (Å²) in [5.74, 6) is -1.40. The van der Waals surface area contributed by atoms with Gasteiger partial charge in [-0.15, -0.1) is 0 Å². The number of nitrogens with one attached hydrogen (secondary N) is 1. The molecular formula is C35H37ClFN3O4S. The lowest BCUT2D eigenvalue weighted by atomic mass is 10.0. The lowest BCUT2D eigenvalue weighted by Crippen LogP contribution is -2.54. The van der Waals surface area contributed by atoms with Gasteiger partial charge in [-0.1, -0.05) is 79.2 Å². The van der Waals surface area contributed by atoms with Crippen molar-refractivity contribution < 1.29 is 22.4 Å². The molecule has 0 saturated heterocycles. The monoisotopic (exact) mass is 649 g/mol. The fourth-order valence-corrected chi connectivity index (χ4v) is 6.48. The number of amides is 2. The predicted molar refractivity (Wildman–Crippen MR) is 176 cm³/mol. The molecule has 2 amide bonds. The third-order valence-corrected chi connectivity index (χ3v) is 9.63. The number of anilines is 1. The quantitative estimate of drug-likeness (QED) is 0.178. The van der Waals surface area contributed by atoms with Crippen molar-refractivity contribution in [3.8, 4) is 0 Å². The smallest absolute Gasteiger partial charge is 0.264 e. The number of nitrogens with zero attached hydrogens (tertiary/aromatic N) is 2. The van der Waals surface area contributed by atoms with Crippen molar-refractivity contribution in [2.45, 2.75) is 57.1 Å². The topological polar surface area (TPSA) is 86.8 Å². The average molecular weight is 650 g/mol. The van der Waals surface area contributed by atoms with Crippen molar-refractivity contribution in [2.75, 3.05) is 10.8 Å². The van der Waals surface area contributed by atoms with Crippen LogP contribution in [0.25, 0.3) is 0 Å². The molecule has 10 heteroatoms. The first-order valence-electron chi connectivity index (χ1n) is 14.7. The Morgan fingerprint density at radius 2 is 1.49 bits per heavy atom. The van der Waals surface area contributed by atoms with Gasteiger partial charge in [0, 0.05) is 24.0 Å². The molecule has 0 fully saturated rings. The molecule has 0 bridgehead atoms. The van der Waals surface area contributed by atoms with Crippen LogP contribution in [0, 0.1) is 12.7 Å². The van der Waals surface area contributed by atoms with Crippen molar-refractivity contribution in [3.05, 3.63) is 131 Å². The normalized spacial score (nSPS) is 12.6. The van der Waals surface area contributed by atoms with E-state index in [9.17, 15) is 22.4 Å². The van der Waals surface area contributed by atoms with Gasteiger partial charge in [0.2, 0.25) is 11.8 Å². The molecule has 4 aromatic carbocycles. The molecule has 4 aromatic rings. The van der Waals surface area contributed by atoms with Crippen LogP contribution in [0.15, 0.2) is 108 Å². The summed E-state index contributed by atoms with van der Waals surface area (Å²) in [6, 6.07) is 26.4. The van der Waals surface area contributed by atoms with E-state index in [1.165, 1.54) is 41.3 Å². The van der Waals surface area contributed by atoms with Crippen LogP contribution >= 0.6 is 11.6 Å². The highest BCUT2D eigenvalue weighted by Crippen LogP contribution is 2.28. The summed E-state index contributed by atoms with van der Waals surface area (Å²) in [5.41, 5.74) is 2.37. The summed E-state index contributed by atoms with van der Waals surface area (Å²) < 4.78 is 43.1. The van der Waals surface area contributed by atoms with Crippen LogP contribution in [0.1, 0.15) is 37.0 Å². The number of hydrogen-bond donors (Lipinski definition) is 1. The van der Waals surface area contributed by atoms with Gasteiger partial charge in [0.05, 0.1) is 10.6 Å². The fraction of sp³-hybridized carbons (Fsp3) is 0.257. The van der Waals surface area contributed by atoms with E-state index in [1.54, 1.807) is 43.3 Å². The Hall–Kier alpha value is -4.21. The molecule has 0 aromatic heterocycles. The van der Waals surface area contributed by atoms with Gasteiger partial charge in [0.15, 0.2) is 0 Å². The van der Waals surface area contributed by atoms with Crippen LogP contribution in [0.2, 0.25) is 5.02 Å². The van der Waals surface area contributed by atoms with Crippen LogP contribution in [-0.2, 0) is 32.6 Å². The van der Waals surface area contributed by atoms with E-state index in [2.05, 4.69) is 5.32 Å². The van der Waals surface area contributed by atoms with Gasteiger partial charge >= 0.3 is 0 Å². The van der Waals surface area contributed by atoms with Gasteiger partial charge in [0.25, 0.3) is 10.0 Å². The molecule has 0 saturated carbocycles. The second kappa shape index (κ2) is 15.2. The minimum atomic E-state index is -4.25. The van der Waals surface area contributed by atoms with Gasteiger partial charge in [0.1, 0.15) is 18.4 Å². The van der Waals surface area contributed by atoms with Gasteiger partial charge in [-0.25, -0.2) is 12.8 Å². The largest absolute Gasteiger partial charge is 0.352 e. The van der Waals surface area contributed by atoms with Crippen LogP contribution in [-0.4, -0.2) is 43.8 Å². The van der Waals surface area contributed by atoms with E-state index in [-0.39, 0.29) is 29.8 Å². The van der Waals surface area contributed by atoms with Gasteiger partial charge in [-0.2, -0.15) is 0 Å². The Balaban J connectivity index is 1.81. The number of carbonyl (C=O) groups is 2. The Morgan fingerprint density at radius 3 is 2.11 bits per heavy atom. The Morgan fingerprint density at radius 1 is 0.867 bits per heavy atom. The molecule has 0 unspecified atom stereocenters. The Labute approximate surface area is 269 Å². The Bertz CT molecular complexity index is 1700. The Kier molecular flexibility index (Phi) is 11.4. The van der Waals surface area contributed by atoms with Crippen LogP contribution in [0.4, 0.5) is 10.1 Å². The summed E-state index contributed by atoms with van der Waals surface area (Å²) >= 11 is 6.04. The van der Waals surface area contributed by atoms with Crippen LogP contribution < -0.4 is 9.62 Å². The summed E-state index contributed by atoms with van der Waals surface area (Å²) in [6.07, 6.45) is 0.862. The standard InChI is InChI=1S/C35H37ClFN3O4S/c1-4-26(3)38-35(42)33(22-27-11-6-5-7-12-27)39(23-28-14-18-30(37)19-15-28)34(41)24-40(32-13-9-8-10-25(32)2)45(43,44)31-20-16-29(36)17-21-31/h5-21,26,33H,4,22-24H2,1-3H3,(H,38,42)/t26-,33+/m1/s1. The van der Waals surface area contributed by atoms with E-state index in [1.807, 2.05) is 44.2 Å². The second-order valence-electron chi connectivity index (χ2n) is 10.9. The fourth-order valence-electron chi connectivity index (χ4n) is 4.87. The molecule has 45 heavy (non-hydrogen) atoms. The molecule has 4 rings (SSSR count).